The minimum absolute atomic E-state index is 0.0852. The number of piperidine rings is 1. The van der Waals surface area contributed by atoms with Crippen molar-refractivity contribution in [2.75, 3.05) is 32.7 Å². The van der Waals surface area contributed by atoms with Gasteiger partial charge in [-0.1, -0.05) is 13.0 Å². The van der Waals surface area contributed by atoms with Gasteiger partial charge >= 0.3 is 0 Å². The molecule has 1 unspecified atom stereocenters. The van der Waals surface area contributed by atoms with E-state index in [1.54, 1.807) is 10.4 Å². The van der Waals surface area contributed by atoms with Gasteiger partial charge in [0.15, 0.2) is 0 Å². The molecule has 1 amide bonds. The van der Waals surface area contributed by atoms with Crippen LogP contribution in [0.4, 0.5) is 0 Å². The minimum Gasteiger partial charge on any atom is -0.354 e. The minimum atomic E-state index is -3.47. The van der Waals surface area contributed by atoms with E-state index >= 15 is 0 Å². The Bertz CT molecular complexity index is 847. The van der Waals surface area contributed by atoms with Gasteiger partial charge in [0.25, 0.3) is 0 Å². The van der Waals surface area contributed by atoms with E-state index in [1.807, 2.05) is 12.1 Å². The maximum Gasteiger partial charge on any atom is 0.243 e. The molecule has 3 aliphatic rings. The SMILES string of the molecule is CCN1CCCC1CNC(=O)C1CCN(S(=O)(=O)c2ccc3c(c2)CCC3)CC1. The summed E-state index contributed by atoms with van der Waals surface area (Å²) in [6.45, 7) is 5.86. The number of hydrogen-bond donors (Lipinski definition) is 1. The van der Waals surface area contributed by atoms with Gasteiger partial charge in [0.1, 0.15) is 0 Å². The highest BCUT2D eigenvalue weighted by atomic mass is 32.2. The van der Waals surface area contributed by atoms with Crippen LogP contribution in [0.1, 0.15) is 50.2 Å². The fourth-order valence-electron chi connectivity index (χ4n) is 5.12. The zero-order valence-electron chi connectivity index (χ0n) is 17.4. The van der Waals surface area contributed by atoms with Crippen LogP contribution in [0.5, 0.6) is 0 Å². The Morgan fingerprint density at radius 1 is 1.07 bits per heavy atom. The first-order valence-electron chi connectivity index (χ1n) is 11.1. The van der Waals surface area contributed by atoms with E-state index in [2.05, 4.69) is 17.1 Å². The molecule has 0 saturated carbocycles. The summed E-state index contributed by atoms with van der Waals surface area (Å²) in [5.41, 5.74) is 2.46. The molecule has 0 aromatic heterocycles. The number of rotatable bonds is 6. The van der Waals surface area contributed by atoms with Crippen LogP contribution in [-0.2, 0) is 27.7 Å². The van der Waals surface area contributed by atoms with Gasteiger partial charge in [-0.25, -0.2) is 8.42 Å². The fraction of sp³-hybridized carbons (Fsp3) is 0.682. The summed E-state index contributed by atoms with van der Waals surface area (Å²) in [6.07, 6.45) is 6.66. The molecular weight excluding hydrogens is 386 g/mol. The van der Waals surface area contributed by atoms with Crippen molar-refractivity contribution in [2.45, 2.75) is 62.8 Å². The lowest BCUT2D eigenvalue weighted by Gasteiger charge is -2.31. The van der Waals surface area contributed by atoms with Crippen LogP contribution in [0, 0.1) is 5.92 Å². The second kappa shape index (κ2) is 8.74. The van der Waals surface area contributed by atoms with Crippen LogP contribution in [0.25, 0.3) is 0 Å². The van der Waals surface area contributed by atoms with E-state index < -0.39 is 10.0 Å². The number of hydrogen-bond acceptors (Lipinski definition) is 4. The molecule has 0 spiro atoms. The molecule has 1 aromatic rings. The molecule has 160 valence electrons. The van der Waals surface area contributed by atoms with Crippen LogP contribution in [0.2, 0.25) is 0 Å². The number of benzene rings is 1. The quantitative estimate of drug-likeness (QED) is 0.767. The van der Waals surface area contributed by atoms with Gasteiger partial charge < -0.3 is 5.32 Å². The van der Waals surface area contributed by atoms with Crippen molar-refractivity contribution in [3.05, 3.63) is 29.3 Å². The number of nitrogens with zero attached hydrogens (tertiary/aromatic N) is 2. The van der Waals surface area contributed by atoms with Crippen molar-refractivity contribution in [3.8, 4) is 0 Å². The highest BCUT2D eigenvalue weighted by Gasteiger charge is 2.33. The molecule has 2 heterocycles. The average Bonchev–Trinajstić information content (AvgIpc) is 3.40. The van der Waals surface area contributed by atoms with Gasteiger partial charge in [-0.3, -0.25) is 9.69 Å². The van der Waals surface area contributed by atoms with E-state index in [1.165, 1.54) is 17.5 Å². The molecule has 4 rings (SSSR count). The molecule has 0 radical (unpaired) electrons. The van der Waals surface area contributed by atoms with Gasteiger partial charge in [0.05, 0.1) is 4.90 Å². The molecule has 1 N–H and O–H groups in total. The van der Waals surface area contributed by atoms with Crippen LogP contribution < -0.4 is 5.32 Å². The van der Waals surface area contributed by atoms with Crippen LogP contribution in [0.15, 0.2) is 23.1 Å². The lowest BCUT2D eigenvalue weighted by atomic mass is 9.97. The van der Waals surface area contributed by atoms with E-state index in [-0.39, 0.29) is 11.8 Å². The average molecular weight is 420 g/mol. The largest absolute Gasteiger partial charge is 0.354 e. The summed E-state index contributed by atoms with van der Waals surface area (Å²) in [6, 6.07) is 6.03. The molecule has 2 aliphatic heterocycles. The zero-order valence-corrected chi connectivity index (χ0v) is 18.2. The highest BCUT2D eigenvalue weighted by molar-refractivity contribution is 7.89. The van der Waals surface area contributed by atoms with Crippen molar-refractivity contribution in [1.82, 2.24) is 14.5 Å². The molecule has 1 aliphatic carbocycles. The molecule has 1 aromatic carbocycles. The standard InChI is InChI=1S/C22H33N3O3S/c1-2-24-12-4-7-20(24)16-23-22(26)18-10-13-25(14-11-18)29(27,28)21-9-8-17-5-3-6-19(17)15-21/h8-9,15,18,20H,2-7,10-14,16H2,1H3,(H,23,26). The summed E-state index contributed by atoms with van der Waals surface area (Å²) < 4.78 is 27.7. The Morgan fingerprint density at radius 3 is 2.59 bits per heavy atom. The van der Waals surface area contributed by atoms with Crippen molar-refractivity contribution in [2.24, 2.45) is 5.92 Å². The monoisotopic (exact) mass is 419 g/mol. The third-order valence-electron chi connectivity index (χ3n) is 6.95. The number of fused-ring (bicyclic) bond motifs is 1. The molecule has 29 heavy (non-hydrogen) atoms. The van der Waals surface area contributed by atoms with Gasteiger partial charge in [0, 0.05) is 31.6 Å². The third-order valence-corrected chi connectivity index (χ3v) is 8.84. The van der Waals surface area contributed by atoms with Crippen molar-refractivity contribution in [3.63, 3.8) is 0 Å². The Balaban J connectivity index is 1.31. The van der Waals surface area contributed by atoms with Crippen molar-refractivity contribution in [1.29, 1.82) is 0 Å². The van der Waals surface area contributed by atoms with Gasteiger partial charge in [0.2, 0.25) is 15.9 Å². The molecular formula is C22H33N3O3S. The summed E-state index contributed by atoms with van der Waals surface area (Å²) >= 11 is 0. The van der Waals surface area contributed by atoms with E-state index in [0.29, 0.717) is 43.4 Å². The van der Waals surface area contributed by atoms with Crippen LogP contribution in [-0.4, -0.2) is 62.3 Å². The molecule has 1 atom stereocenters. The highest BCUT2D eigenvalue weighted by Crippen LogP contribution is 2.28. The topological polar surface area (TPSA) is 69.7 Å². The van der Waals surface area contributed by atoms with Crippen molar-refractivity contribution >= 4 is 15.9 Å². The normalized spacial score (nSPS) is 24.0. The Morgan fingerprint density at radius 2 is 1.83 bits per heavy atom. The third kappa shape index (κ3) is 4.37. The number of amides is 1. The first-order valence-corrected chi connectivity index (χ1v) is 12.6. The Labute approximate surface area is 174 Å². The second-order valence-electron chi connectivity index (χ2n) is 8.63. The molecule has 6 nitrogen and oxygen atoms in total. The molecule has 2 fully saturated rings. The second-order valence-corrected chi connectivity index (χ2v) is 10.6. The molecule has 7 heteroatoms. The number of sulfonamides is 1. The Hall–Kier alpha value is -1.44. The Kier molecular flexibility index (Phi) is 6.27. The predicted octanol–water partition coefficient (Wildman–Crippen LogP) is 2.18. The van der Waals surface area contributed by atoms with Gasteiger partial charge in [-0.05, 0) is 81.3 Å². The first-order chi connectivity index (χ1) is 14.0. The van der Waals surface area contributed by atoms with Gasteiger partial charge in [-0.2, -0.15) is 4.31 Å². The van der Waals surface area contributed by atoms with Gasteiger partial charge in [-0.15, -0.1) is 0 Å². The number of carbonyl (C=O) groups excluding carboxylic acids is 1. The van der Waals surface area contributed by atoms with Crippen molar-refractivity contribution < 1.29 is 13.2 Å². The van der Waals surface area contributed by atoms with E-state index in [4.69, 9.17) is 0 Å². The number of nitrogens with one attached hydrogen (secondary N) is 1. The summed E-state index contributed by atoms with van der Waals surface area (Å²) in [4.78, 5) is 15.4. The van der Waals surface area contributed by atoms with Crippen LogP contribution in [0.3, 0.4) is 0 Å². The lowest BCUT2D eigenvalue weighted by Crippen LogP contribution is -2.45. The lowest BCUT2D eigenvalue weighted by molar-refractivity contribution is -0.126. The summed E-state index contributed by atoms with van der Waals surface area (Å²) in [5, 5.41) is 3.12. The number of carbonyl (C=O) groups is 1. The number of aryl methyl sites for hydroxylation is 2. The number of likely N-dealkylation sites (N-methyl/N-ethyl adjacent to an activating group) is 1. The summed E-state index contributed by atoms with van der Waals surface area (Å²) in [5.74, 6) is 0.000446. The van der Waals surface area contributed by atoms with Crippen LogP contribution >= 0.6 is 0 Å². The summed E-state index contributed by atoms with van der Waals surface area (Å²) in [7, 11) is -3.47. The molecule has 0 bridgehead atoms. The van der Waals surface area contributed by atoms with E-state index in [9.17, 15) is 13.2 Å². The molecule has 2 saturated heterocycles. The first kappa shape index (κ1) is 20.8. The zero-order chi connectivity index (χ0) is 20.4. The van der Waals surface area contributed by atoms with E-state index in [0.717, 1.165) is 38.8 Å². The maximum absolute atomic E-state index is 13.1. The maximum atomic E-state index is 13.1. The number of likely N-dealkylation sites (tertiary alicyclic amines) is 1. The smallest absolute Gasteiger partial charge is 0.243 e. The predicted molar refractivity (Wildman–Crippen MR) is 113 cm³/mol. The fourth-order valence-corrected chi connectivity index (χ4v) is 6.64.